The summed E-state index contributed by atoms with van der Waals surface area (Å²) in [6.45, 7) is 11.3. The van der Waals surface area contributed by atoms with Gasteiger partial charge in [-0.25, -0.2) is 4.39 Å². The van der Waals surface area contributed by atoms with Crippen LogP contribution in [0.2, 0.25) is 13.1 Å². The standard InChI is InChI=1S/C19H24BrFOSi/c1-19(2,3)14-8-6-13(7-9-14)16-10-15(21)11-18(20)17(16)12-22-23(4)5/h6-11,23H,12H2,1-5H3. The number of hydrogen-bond acceptors (Lipinski definition) is 1. The van der Waals surface area contributed by atoms with Crippen molar-refractivity contribution in [3.05, 3.63) is 57.8 Å². The normalized spacial score (nSPS) is 12.0. The molecule has 2 rings (SSSR count). The van der Waals surface area contributed by atoms with E-state index in [-0.39, 0.29) is 11.2 Å². The maximum absolute atomic E-state index is 13.9. The Hall–Kier alpha value is -0.973. The molecule has 0 saturated heterocycles. The Morgan fingerprint density at radius 3 is 2.22 bits per heavy atom. The van der Waals surface area contributed by atoms with Crippen LogP contribution in [0.15, 0.2) is 40.9 Å². The zero-order valence-electron chi connectivity index (χ0n) is 14.4. The molecule has 2 aromatic carbocycles. The third-order valence-electron chi connectivity index (χ3n) is 3.78. The molecule has 0 fully saturated rings. The lowest BCUT2D eigenvalue weighted by atomic mass is 9.86. The summed E-state index contributed by atoms with van der Waals surface area (Å²) in [4.78, 5) is 0. The molecule has 0 atom stereocenters. The first-order chi connectivity index (χ1) is 10.7. The van der Waals surface area contributed by atoms with Crippen LogP contribution in [0.25, 0.3) is 11.1 Å². The monoisotopic (exact) mass is 394 g/mol. The highest BCUT2D eigenvalue weighted by atomic mass is 79.9. The van der Waals surface area contributed by atoms with Gasteiger partial charge in [0.1, 0.15) is 5.82 Å². The van der Waals surface area contributed by atoms with Crippen molar-refractivity contribution in [3.8, 4) is 11.1 Å². The summed E-state index contributed by atoms with van der Waals surface area (Å²) in [6, 6.07) is 11.5. The van der Waals surface area contributed by atoms with Gasteiger partial charge < -0.3 is 4.43 Å². The first-order valence-electron chi connectivity index (χ1n) is 7.89. The van der Waals surface area contributed by atoms with E-state index in [4.69, 9.17) is 4.43 Å². The fraction of sp³-hybridized carbons (Fsp3) is 0.368. The van der Waals surface area contributed by atoms with Crippen LogP contribution in [-0.2, 0) is 16.4 Å². The Morgan fingerprint density at radius 2 is 1.70 bits per heavy atom. The molecule has 0 aromatic heterocycles. The zero-order valence-corrected chi connectivity index (χ0v) is 17.2. The highest BCUT2D eigenvalue weighted by Gasteiger charge is 2.16. The summed E-state index contributed by atoms with van der Waals surface area (Å²) in [5.74, 6) is -0.239. The average molecular weight is 395 g/mol. The molecule has 124 valence electrons. The number of hydrogen-bond donors (Lipinski definition) is 0. The Balaban J connectivity index is 2.45. The van der Waals surface area contributed by atoms with Crippen molar-refractivity contribution in [2.75, 3.05) is 0 Å². The maximum atomic E-state index is 13.9. The van der Waals surface area contributed by atoms with E-state index in [9.17, 15) is 4.39 Å². The van der Waals surface area contributed by atoms with Crippen LogP contribution in [0.1, 0.15) is 31.9 Å². The van der Waals surface area contributed by atoms with Gasteiger partial charge in [0.2, 0.25) is 0 Å². The second-order valence-electron chi connectivity index (χ2n) is 7.10. The molecule has 0 radical (unpaired) electrons. The lowest BCUT2D eigenvalue weighted by Gasteiger charge is -2.20. The number of halogens is 2. The van der Waals surface area contributed by atoms with E-state index in [2.05, 4.69) is 74.1 Å². The van der Waals surface area contributed by atoms with Gasteiger partial charge in [-0.15, -0.1) is 0 Å². The Bertz CT molecular complexity index is 675. The molecule has 2 aromatic rings. The Morgan fingerprint density at radius 1 is 1.09 bits per heavy atom. The van der Waals surface area contributed by atoms with Crippen molar-refractivity contribution in [2.24, 2.45) is 0 Å². The van der Waals surface area contributed by atoms with Crippen molar-refractivity contribution in [3.63, 3.8) is 0 Å². The molecular formula is C19H24BrFOSi. The van der Waals surface area contributed by atoms with Gasteiger partial charge in [-0.1, -0.05) is 61.0 Å². The average Bonchev–Trinajstić information content (AvgIpc) is 2.44. The third-order valence-corrected chi connectivity index (χ3v) is 5.32. The van der Waals surface area contributed by atoms with Crippen molar-refractivity contribution >= 4 is 25.0 Å². The zero-order chi connectivity index (χ0) is 17.2. The lowest BCUT2D eigenvalue weighted by molar-refractivity contribution is 0.314. The van der Waals surface area contributed by atoms with E-state index in [1.165, 1.54) is 11.6 Å². The van der Waals surface area contributed by atoms with Crippen molar-refractivity contribution in [2.45, 2.75) is 45.9 Å². The predicted molar refractivity (Wildman–Crippen MR) is 102 cm³/mol. The number of rotatable bonds is 4. The molecule has 0 spiro atoms. The van der Waals surface area contributed by atoms with Crippen LogP contribution in [0.3, 0.4) is 0 Å². The minimum atomic E-state index is -1.13. The van der Waals surface area contributed by atoms with Crippen LogP contribution in [0, 0.1) is 5.82 Å². The third kappa shape index (κ3) is 4.75. The molecule has 0 aliphatic heterocycles. The van der Waals surface area contributed by atoms with Gasteiger partial charge in [-0.05, 0) is 52.9 Å². The SMILES string of the molecule is C[SiH](C)OCc1c(Br)cc(F)cc1-c1ccc(C(C)(C)C)cc1. The molecule has 0 saturated carbocycles. The van der Waals surface area contributed by atoms with Gasteiger partial charge in [0, 0.05) is 4.47 Å². The molecule has 4 heteroatoms. The largest absolute Gasteiger partial charge is 0.416 e. The summed E-state index contributed by atoms with van der Waals surface area (Å²) in [5.41, 5.74) is 4.30. The first-order valence-corrected chi connectivity index (χ1v) is 11.5. The van der Waals surface area contributed by atoms with Gasteiger partial charge in [0.25, 0.3) is 0 Å². The van der Waals surface area contributed by atoms with E-state index >= 15 is 0 Å². The minimum Gasteiger partial charge on any atom is -0.416 e. The Kier molecular flexibility index (Phi) is 5.82. The van der Waals surface area contributed by atoms with E-state index in [0.717, 1.165) is 21.2 Å². The minimum absolute atomic E-state index is 0.107. The van der Waals surface area contributed by atoms with Gasteiger partial charge in [0.05, 0.1) is 6.61 Å². The van der Waals surface area contributed by atoms with Crippen molar-refractivity contribution in [1.29, 1.82) is 0 Å². The first kappa shape index (κ1) is 18.4. The second-order valence-corrected chi connectivity index (χ2v) is 10.4. The van der Waals surface area contributed by atoms with Crippen LogP contribution >= 0.6 is 15.9 Å². The van der Waals surface area contributed by atoms with E-state index in [1.807, 2.05) is 0 Å². The van der Waals surface area contributed by atoms with Gasteiger partial charge in [0.15, 0.2) is 9.04 Å². The summed E-state index contributed by atoms with van der Waals surface area (Å²) < 4.78 is 20.5. The van der Waals surface area contributed by atoms with E-state index in [1.54, 1.807) is 6.07 Å². The van der Waals surface area contributed by atoms with Crippen LogP contribution in [0.5, 0.6) is 0 Å². The summed E-state index contributed by atoms with van der Waals surface area (Å²) in [7, 11) is -1.13. The molecule has 0 aliphatic carbocycles. The van der Waals surface area contributed by atoms with Gasteiger partial charge >= 0.3 is 0 Å². The molecule has 0 aliphatic rings. The summed E-state index contributed by atoms with van der Waals surface area (Å²) in [5, 5.41) is 0. The smallest absolute Gasteiger partial charge is 0.171 e. The molecule has 0 bridgehead atoms. The highest BCUT2D eigenvalue weighted by molar-refractivity contribution is 9.10. The fourth-order valence-corrected chi connectivity index (χ4v) is 3.45. The topological polar surface area (TPSA) is 9.23 Å². The molecule has 0 amide bonds. The van der Waals surface area contributed by atoms with E-state index in [0.29, 0.717) is 6.61 Å². The lowest BCUT2D eigenvalue weighted by Crippen LogP contribution is -2.10. The van der Waals surface area contributed by atoms with Crippen molar-refractivity contribution in [1.82, 2.24) is 0 Å². The quantitative estimate of drug-likeness (QED) is 0.573. The molecule has 0 N–H and O–H groups in total. The molecule has 0 unspecified atom stereocenters. The fourth-order valence-electron chi connectivity index (χ4n) is 2.41. The molecule has 0 heterocycles. The maximum Gasteiger partial charge on any atom is 0.171 e. The highest BCUT2D eigenvalue weighted by Crippen LogP contribution is 2.33. The second kappa shape index (κ2) is 7.28. The van der Waals surface area contributed by atoms with Crippen LogP contribution < -0.4 is 0 Å². The predicted octanol–water partition coefficient (Wildman–Crippen LogP) is 6.05. The van der Waals surface area contributed by atoms with E-state index < -0.39 is 9.04 Å². The van der Waals surface area contributed by atoms with Gasteiger partial charge in [-0.2, -0.15) is 0 Å². The van der Waals surface area contributed by atoms with Crippen LogP contribution in [-0.4, -0.2) is 9.04 Å². The molecule has 1 nitrogen and oxygen atoms in total. The molecular weight excluding hydrogens is 371 g/mol. The van der Waals surface area contributed by atoms with Crippen molar-refractivity contribution < 1.29 is 8.82 Å². The Labute approximate surface area is 148 Å². The molecule has 23 heavy (non-hydrogen) atoms. The number of benzene rings is 2. The summed E-state index contributed by atoms with van der Waals surface area (Å²) in [6.07, 6.45) is 0. The van der Waals surface area contributed by atoms with Crippen LogP contribution in [0.4, 0.5) is 4.39 Å². The summed E-state index contributed by atoms with van der Waals surface area (Å²) >= 11 is 3.49. The van der Waals surface area contributed by atoms with Gasteiger partial charge in [-0.3, -0.25) is 0 Å².